The van der Waals surface area contributed by atoms with E-state index in [0.29, 0.717) is 16.6 Å². The molecule has 3 heteroatoms. The zero-order valence-electron chi connectivity index (χ0n) is 7.20. The molecule has 0 saturated carbocycles. The zero-order valence-corrected chi connectivity index (χ0v) is 8.71. The first-order chi connectivity index (χ1) is 6.16. The van der Waals surface area contributed by atoms with Gasteiger partial charge in [0.2, 0.25) is 0 Å². The highest BCUT2D eigenvalue weighted by molar-refractivity contribution is 6.32. The number of nitrogen functional groups attached to an aromatic ring is 1. The van der Waals surface area contributed by atoms with Gasteiger partial charge in [-0.1, -0.05) is 23.4 Å². The first-order valence-corrected chi connectivity index (χ1v) is 4.67. The summed E-state index contributed by atoms with van der Waals surface area (Å²) in [4.78, 5) is 0. The second-order valence-electron chi connectivity index (χ2n) is 2.58. The predicted octanol–water partition coefficient (Wildman–Crippen LogP) is 2.82. The Morgan fingerprint density at radius 3 is 2.77 bits per heavy atom. The van der Waals surface area contributed by atoms with E-state index in [-0.39, 0.29) is 0 Å². The largest absolute Gasteiger partial charge is 0.398 e. The number of halogens is 2. The Morgan fingerprint density at radius 1 is 1.46 bits per heavy atom. The maximum absolute atomic E-state index is 6.01. The molecule has 1 rings (SSSR count). The van der Waals surface area contributed by atoms with Crippen LogP contribution in [0.25, 0.3) is 0 Å². The van der Waals surface area contributed by atoms with E-state index in [1.54, 1.807) is 12.1 Å². The van der Waals surface area contributed by atoms with E-state index in [4.69, 9.17) is 28.9 Å². The number of benzene rings is 1. The lowest BCUT2D eigenvalue weighted by atomic mass is 10.1. The highest BCUT2D eigenvalue weighted by atomic mass is 35.5. The Hall–Kier alpha value is -0.840. The van der Waals surface area contributed by atoms with Crippen molar-refractivity contribution >= 4 is 28.9 Å². The van der Waals surface area contributed by atoms with Gasteiger partial charge >= 0.3 is 0 Å². The molecule has 0 aliphatic carbocycles. The number of hydrogen-bond acceptors (Lipinski definition) is 1. The minimum Gasteiger partial charge on any atom is -0.398 e. The van der Waals surface area contributed by atoms with Crippen LogP contribution >= 0.6 is 23.2 Å². The van der Waals surface area contributed by atoms with Gasteiger partial charge in [0.25, 0.3) is 0 Å². The molecule has 1 aromatic carbocycles. The fourth-order valence-electron chi connectivity index (χ4n) is 0.925. The summed E-state index contributed by atoms with van der Waals surface area (Å²) in [6.07, 6.45) is 0. The van der Waals surface area contributed by atoms with E-state index in [9.17, 15) is 0 Å². The standard InChI is InChI=1S/C10H9Cl2N/c1-7-9(13)5-4-8(10(7)12)3-2-6-11/h4-5H,6,13H2,1H3. The number of hydrogen-bond donors (Lipinski definition) is 1. The third kappa shape index (κ3) is 2.30. The summed E-state index contributed by atoms with van der Waals surface area (Å²) < 4.78 is 0. The van der Waals surface area contributed by atoms with Crippen LogP contribution in [0, 0.1) is 18.8 Å². The third-order valence-electron chi connectivity index (χ3n) is 1.72. The summed E-state index contributed by atoms with van der Waals surface area (Å²) in [6.45, 7) is 1.86. The molecule has 68 valence electrons. The average molecular weight is 214 g/mol. The first-order valence-electron chi connectivity index (χ1n) is 3.76. The van der Waals surface area contributed by atoms with Crippen LogP contribution in [0.15, 0.2) is 12.1 Å². The monoisotopic (exact) mass is 213 g/mol. The van der Waals surface area contributed by atoms with Crippen LogP contribution in [0.1, 0.15) is 11.1 Å². The van der Waals surface area contributed by atoms with E-state index in [2.05, 4.69) is 11.8 Å². The second kappa shape index (κ2) is 4.41. The number of alkyl halides is 1. The van der Waals surface area contributed by atoms with Gasteiger partial charge < -0.3 is 5.73 Å². The number of rotatable bonds is 0. The van der Waals surface area contributed by atoms with Crippen LogP contribution in [0.3, 0.4) is 0 Å². The van der Waals surface area contributed by atoms with Crippen LogP contribution in [0.2, 0.25) is 5.02 Å². The SMILES string of the molecule is Cc1c(N)ccc(C#CCCl)c1Cl. The van der Waals surface area contributed by atoms with Crippen molar-refractivity contribution in [2.75, 3.05) is 11.6 Å². The van der Waals surface area contributed by atoms with Gasteiger partial charge in [0.15, 0.2) is 0 Å². The molecule has 0 spiro atoms. The lowest BCUT2D eigenvalue weighted by Crippen LogP contribution is -1.91. The van der Waals surface area contributed by atoms with Gasteiger partial charge in [0.05, 0.1) is 10.9 Å². The lowest BCUT2D eigenvalue weighted by Gasteiger charge is -2.03. The number of nitrogens with two attached hydrogens (primary N) is 1. The van der Waals surface area contributed by atoms with Gasteiger partial charge in [-0.3, -0.25) is 0 Å². The minimum atomic E-state index is 0.305. The van der Waals surface area contributed by atoms with E-state index < -0.39 is 0 Å². The topological polar surface area (TPSA) is 26.0 Å². The van der Waals surface area contributed by atoms with Crippen LogP contribution in [0.4, 0.5) is 5.69 Å². The van der Waals surface area contributed by atoms with Crippen LogP contribution in [-0.4, -0.2) is 5.88 Å². The maximum atomic E-state index is 6.01. The van der Waals surface area contributed by atoms with Crippen LogP contribution in [-0.2, 0) is 0 Å². The molecule has 2 N–H and O–H groups in total. The fraction of sp³-hybridized carbons (Fsp3) is 0.200. The van der Waals surface area contributed by atoms with Crippen LogP contribution < -0.4 is 5.73 Å². The fourth-order valence-corrected chi connectivity index (χ4v) is 1.21. The van der Waals surface area contributed by atoms with E-state index >= 15 is 0 Å². The molecule has 0 aliphatic heterocycles. The molecule has 0 amide bonds. The van der Waals surface area contributed by atoms with Gasteiger partial charge in [-0.05, 0) is 24.6 Å². The van der Waals surface area contributed by atoms with Crippen molar-refractivity contribution in [1.29, 1.82) is 0 Å². The van der Waals surface area contributed by atoms with Gasteiger partial charge in [0, 0.05) is 11.3 Å². The van der Waals surface area contributed by atoms with Crippen molar-refractivity contribution in [3.8, 4) is 11.8 Å². The summed E-state index contributed by atoms with van der Waals surface area (Å²) in [7, 11) is 0. The molecule has 1 nitrogen and oxygen atoms in total. The normalized spacial score (nSPS) is 9.15. The molecular formula is C10H9Cl2N. The first kappa shape index (κ1) is 10.2. The van der Waals surface area contributed by atoms with Crippen molar-refractivity contribution in [2.24, 2.45) is 0 Å². The van der Waals surface area contributed by atoms with Crippen LogP contribution in [0.5, 0.6) is 0 Å². The molecule has 0 aliphatic rings. The van der Waals surface area contributed by atoms with Gasteiger partial charge in [-0.2, -0.15) is 0 Å². The molecule has 0 heterocycles. The Morgan fingerprint density at radius 2 is 2.15 bits per heavy atom. The smallest absolute Gasteiger partial charge is 0.0839 e. The quantitative estimate of drug-likeness (QED) is 0.401. The summed E-state index contributed by atoms with van der Waals surface area (Å²) in [5, 5.41) is 0.609. The predicted molar refractivity (Wildman–Crippen MR) is 58.2 cm³/mol. The number of anilines is 1. The van der Waals surface area contributed by atoms with E-state index in [1.165, 1.54) is 0 Å². The molecule has 1 aromatic rings. The highest BCUT2D eigenvalue weighted by Crippen LogP contribution is 2.24. The van der Waals surface area contributed by atoms with Gasteiger partial charge in [0.1, 0.15) is 0 Å². The molecular weight excluding hydrogens is 205 g/mol. The van der Waals surface area contributed by atoms with Crippen molar-refractivity contribution in [3.05, 3.63) is 28.3 Å². The summed E-state index contributed by atoms with van der Waals surface area (Å²) in [5.74, 6) is 5.91. The zero-order chi connectivity index (χ0) is 9.84. The van der Waals surface area contributed by atoms with Gasteiger partial charge in [-0.25, -0.2) is 0 Å². The van der Waals surface area contributed by atoms with Gasteiger partial charge in [-0.15, -0.1) is 11.6 Å². The van der Waals surface area contributed by atoms with E-state index in [1.807, 2.05) is 6.92 Å². The molecule has 0 aromatic heterocycles. The molecule has 0 saturated heterocycles. The van der Waals surface area contributed by atoms with E-state index in [0.717, 1.165) is 11.1 Å². The summed E-state index contributed by atoms with van der Waals surface area (Å²) in [5.41, 5.74) is 7.98. The average Bonchev–Trinajstić information content (AvgIpc) is 2.13. The van der Waals surface area contributed by atoms with Crippen molar-refractivity contribution in [3.63, 3.8) is 0 Å². The highest BCUT2D eigenvalue weighted by Gasteiger charge is 2.03. The molecule has 0 atom stereocenters. The van der Waals surface area contributed by atoms with Crippen molar-refractivity contribution in [1.82, 2.24) is 0 Å². The summed E-state index contributed by atoms with van der Waals surface area (Å²) >= 11 is 11.4. The van der Waals surface area contributed by atoms with Crippen molar-refractivity contribution < 1.29 is 0 Å². The Kier molecular flexibility index (Phi) is 3.48. The third-order valence-corrected chi connectivity index (χ3v) is 2.34. The Bertz CT molecular complexity index is 374. The molecule has 0 unspecified atom stereocenters. The maximum Gasteiger partial charge on any atom is 0.0839 e. The minimum absolute atomic E-state index is 0.305. The molecule has 0 bridgehead atoms. The van der Waals surface area contributed by atoms with Crippen molar-refractivity contribution in [2.45, 2.75) is 6.92 Å². The Balaban J connectivity index is 3.18. The second-order valence-corrected chi connectivity index (χ2v) is 3.22. The molecule has 0 radical (unpaired) electrons. The lowest BCUT2D eigenvalue weighted by molar-refractivity contribution is 1.45. The Labute approximate surface area is 87.8 Å². The molecule has 0 fully saturated rings. The molecule has 13 heavy (non-hydrogen) atoms. The summed E-state index contributed by atoms with van der Waals surface area (Å²) in [6, 6.07) is 3.59.